The maximum Gasteiger partial charge on any atom is 0.305 e. The summed E-state index contributed by atoms with van der Waals surface area (Å²) in [5.41, 5.74) is 0. The Labute approximate surface area is 372 Å². The Hall–Kier alpha value is -1.30. The highest BCUT2D eigenvalue weighted by atomic mass is 35.5. The van der Waals surface area contributed by atoms with Crippen LogP contribution in [0.25, 0.3) is 0 Å². The first-order valence-electron chi connectivity index (χ1n) is 25.9. The Morgan fingerprint density at radius 3 is 1.10 bits per heavy atom. The standard InChI is InChI=1S/C52H100ClNO5/c1-6-10-14-18-20-27-37-47(35-25-16-12-8-3)45-58-51(56)42-32-22-29-39-49(54(5)50(55)41-31-24-34-44-53)40-30-23-33-43-52(57)59-46-48(36-26-17-13-9-4)38-28-21-19-15-11-7-2/h47-49H,6-46H2,1-5H3. The molecule has 1 amide bonds. The Bertz CT molecular complexity index is 873. The maximum atomic E-state index is 13.2. The van der Waals surface area contributed by atoms with E-state index in [0.29, 0.717) is 50.2 Å². The predicted molar refractivity (Wildman–Crippen MR) is 254 cm³/mol. The molecule has 0 N–H and O–H groups in total. The molecule has 6 nitrogen and oxygen atoms in total. The van der Waals surface area contributed by atoms with Crippen LogP contribution in [0.15, 0.2) is 0 Å². The van der Waals surface area contributed by atoms with E-state index in [-0.39, 0.29) is 23.9 Å². The van der Waals surface area contributed by atoms with Crippen LogP contribution < -0.4 is 0 Å². The molecular formula is C52H100ClNO5. The highest BCUT2D eigenvalue weighted by Gasteiger charge is 2.20. The van der Waals surface area contributed by atoms with E-state index in [1.165, 1.54) is 154 Å². The van der Waals surface area contributed by atoms with Gasteiger partial charge in [0.2, 0.25) is 5.91 Å². The zero-order valence-electron chi connectivity index (χ0n) is 40.1. The van der Waals surface area contributed by atoms with Crippen LogP contribution in [0.2, 0.25) is 0 Å². The maximum absolute atomic E-state index is 13.2. The quantitative estimate of drug-likeness (QED) is 0.0346. The summed E-state index contributed by atoms with van der Waals surface area (Å²) in [5.74, 6) is 1.75. The summed E-state index contributed by atoms with van der Waals surface area (Å²) < 4.78 is 11.7. The van der Waals surface area contributed by atoms with Crippen LogP contribution >= 0.6 is 11.6 Å². The van der Waals surface area contributed by atoms with E-state index in [9.17, 15) is 14.4 Å². The van der Waals surface area contributed by atoms with Gasteiger partial charge in [-0.25, -0.2) is 0 Å². The third-order valence-corrected chi connectivity index (χ3v) is 12.9. The number of amides is 1. The lowest BCUT2D eigenvalue weighted by Crippen LogP contribution is -2.37. The van der Waals surface area contributed by atoms with Gasteiger partial charge >= 0.3 is 11.9 Å². The summed E-state index contributed by atoms with van der Waals surface area (Å²) in [7, 11) is 1.97. The van der Waals surface area contributed by atoms with Gasteiger partial charge in [-0.1, -0.05) is 188 Å². The number of carbonyl (C=O) groups excluding carboxylic acids is 3. The first-order chi connectivity index (χ1) is 28.8. The summed E-state index contributed by atoms with van der Waals surface area (Å²) in [6, 6.07) is 0.181. The van der Waals surface area contributed by atoms with E-state index >= 15 is 0 Å². The summed E-state index contributed by atoms with van der Waals surface area (Å²) in [6.45, 7) is 10.2. The predicted octanol–water partition coefficient (Wildman–Crippen LogP) is 16.3. The van der Waals surface area contributed by atoms with Gasteiger partial charge in [0.15, 0.2) is 0 Å². The summed E-state index contributed by atoms with van der Waals surface area (Å²) in [5, 5.41) is 0. The van der Waals surface area contributed by atoms with E-state index < -0.39 is 0 Å². The average molecular weight is 855 g/mol. The normalized spacial score (nSPS) is 13.0. The van der Waals surface area contributed by atoms with Crippen LogP contribution in [-0.2, 0) is 23.9 Å². The van der Waals surface area contributed by atoms with Crippen LogP contribution in [0.5, 0.6) is 0 Å². The van der Waals surface area contributed by atoms with Crippen molar-refractivity contribution in [2.75, 3.05) is 26.1 Å². The minimum Gasteiger partial charge on any atom is -0.465 e. The Kier molecular flexibility index (Phi) is 43.8. The molecule has 350 valence electrons. The monoisotopic (exact) mass is 854 g/mol. The fraction of sp³-hybridized carbons (Fsp3) is 0.942. The first kappa shape index (κ1) is 57.7. The Morgan fingerprint density at radius 1 is 0.407 bits per heavy atom. The number of alkyl halides is 1. The van der Waals surface area contributed by atoms with Gasteiger partial charge in [-0.3, -0.25) is 14.4 Å². The highest BCUT2D eigenvalue weighted by Crippen LogP contribution is 2.23. The van der Waals surface area contributed by atoms with E-state index in [0.717, 1.165) is 70.6 Å². The zero-order chi connectivity index (χ0) is 43.4. The molecule has 0 aromatic heterocycles. The fourth-order valence-electron chi connectivity index (χ4n) is 8.45. The largest absolute Gasteiger partial charge is 0.465 e. The minimum atomic E-state index is -0.0499. The third-order valence-electron chi connectivity index (χ3n) is 12.6. The molecule has 0 heterocycles. The molecule has 0 aliphatic heterocycles. The van der Waals surface area contributed by atoms with Crippen molar-refractivity contribution in [3.05, 3.63) is 0 Å². The Morgan fingerprint density at radius 2 is 0.712 bits per heavy atom. The highest BCUT2D eigenvalue weighted by molar-refractivity contribution is 6.17. The molecule has 0 aliphatic rings. The van der Waals surface area contributed by atoms with Gasteiger partial charge in [0.1, 0.15) is 0 Å². The molecule has 0 rings (SSSR count). The van der Waals surface area contributed by atoms with Crippen molar-refractivity contribution in [1.29, 1.82) is 0 Å². The Balaban J connectivity index is 4.80. The number of esters is 2. The van der Waals surface area contributed by atoms with Gasteiger partial charge in [-0.15, -0.1) is 11.6 Å². The summed E-state index contributed by atoms with van der Waals surface area (Å²) in [6.07, 6.45) is 42.2. The van der Waals surface area contributed by atoms with Crippen molar-refractivity contribution >= 4 is 29.4 Å². The van der Waals surface area contributed by atoms with E-state index in [1.54, 1.807) is 0 Å². The zero-order valence-corrected chi connectivity index (χ0v) is 40.8. The van der Waals surface area contributed by atoms with Crippen LogP contribution in [0.4, 0.5) is 0 Å². The number of carbonyl (C=O) groups is 3. The van der Waals surface area contributed by atoms with Gasteiger partial charge in [0, 0.05) is 38.2 Å². The number of halogens is 1. The minimum absolute atomic E-state index is 0.0499. The smallest absolute Gasteiger partial charge is 0.305 e. The van der Waals surface area contributed by atoms with Crippen molar-refractivity contribution in [2.24, 2.45) is 11.8 Å². The van der Waals surface area contributed by atoms with Crippen LogP contribution in [0.3, 0.4) is 0 Å². The second kappa shape index (κ2) is 44.7. The van der Waals surface area contributed by atoms with Crippen LogP contribution in [0.1, 0.15) is 272 Å². The molecule has 0 bridgehead atoms. The van der Waals surface area contributed by atoms with Gasteiger partial charge in [-0.2, -0.15) is 0 Å². The summed E-state index contributed by atoms with van der Waals surface area (Å²) in [4.78, 5) is 40.7. The first-order valence-corrected chi connectivity index (χ1v) is 26.5. The second-order valence-electron chi connectivity index (χ2n) is 18.3. The number of unbranched alkanes of at least 4 members (excludes halogenated alkanes) is 22. The molecule has 59 heavy (non-hydrogen) atoms. The molecular weight excluding hydrogens is 754 g/mol. The van der Waals surface area contributed by atoms with E-state index in [2.05, 4.69) is 27.7 Å². The lowest BCUT2D eigenvalue weighted by Gasteiger charge is -2.29. The fourth-order valence-corrected chi connectivity index (χ4v) is 8.63. The molecule has 2 unspecified atom stereocenters. The molecule has 0 spiro atoms. The lowest BCUT2D eigenvalue weighted by molar-refractivity contribution is -0.146. The van der Waals surface area contributed by atoms with Crippen molar-refractivity contribution in [1.82, 2.24) is 4.90 Å². The van der Waals surface area contributed by atoms with Crippen LogP contribution in [0, 0.1) is 11.8 Å². The number of rotatable bonds is 46. The molecule has 0 radical (unpaired) electrons. The van der Waals surface area contributed by atoms with Gasteiger partial charge in [-0.05, 0) is 76.0 Å². The van der Waals surface area contributed by atoms with Crippen molar-refractivity contribution < 1.29 is 23.9 Å². The molecule has 0 fully saturated rings. The summed E-state index contributed by atoms with van der Waals surface area (Å²) >= 11 is 5.87. The van der Waals surface area contributed by atoms with Gasteiger partial charge < -0.3 is 14.4 Å². The van der Waals surface area contributed by atoms with Crippen LogP contribution in [-0.4, -0.2) is 54.9 Å². The lowest BCUT2D eigenvalue weighted by atomic mass is 9.95. The number of hydrogen-bond donors (Lipinski definition) is 0. The van der Waals surface area contributed by atoms with E-state index in [4.69, 9.17) is 21.1 Å². The van der Waals surface area contributed by atoms with Crippen molar-refractivity contribution in [3.63, 3.8) is 0 Å². The van der Waals surface area contributed by atoms with Gasteiger partial charge in [0.25, 0.3) is 0 Å². The third kappa shape index (κ3) is 38.1. The SMILES string of the molecule is CCCCCCCCC(CCCCCC)COC(=O)CCCCCC(CCCCCC(=O)OCC(CCCCCC)CCCCCCCC)N(C)C(=O)CCCCCCl. The topological polar surface area (TPSA) is 72.9 Å². The number of ether oxygens (including phenoxy) is 2. The molecule has 2 atom stereocenters. The van der Waals surface area contributed by atoms with E-state index in [1.807, 2.05) is 11.9 Å². The molecule has 0 aromatic carbocycles. The molecule has 0 saturated heterocycles. The second-order valence-corrected chi connectivity index (χ2v) is 18.6. The van der Waals surface area contributed by atoms with Crippen molar-refractivity contribution in [3.8, 4) is 0 Å². The molecule has 0 aliphatic carbocycles. The average Bonchev–Trinajstić information content (AvgIpc) is 3.24. The number of nitrogens with zero attached hydrogens (tertiary/aromatic N) is 1. The number of hydrogen-bond acceptors (Lipinski definition) is 5. The van der Waals surface area contributed by atoms with Gasteiger partial charge in [0.05, 0.1) is 13.2 Å². The molecule has 0 aromatic rings. The van der Waals surface area contributed by atoms with Crippen molar-refractivity contribution in [2.45, 2.75) is 278 Å². The molecule has 0 saturated carbocycles. The molecule has 7 heteroatoms.